The van der Waals surface area contributed by atoms with Crippen molar-refractivity contribution in [3.05, 3.63) is 29.8 Å². The Morgan fingerprint density at radius 1 is 1.14 bits per heavy atom. The topological polar surface area (TPSA) is 80.0 Å². The van der Waals surface area contributed by atoms with Gasteiger partial charge in [-0.25, -0.2) is 8.78 Å². The van der Waals surface area contributed by atoms with Crippen LogP contribution in [0.2, 0.25) is 0 Å². The molecule has 0 atom stereocenters. The average Bonchev–Trinajstić information content (AvgIpc) is 2.44. The molecule has 0 aliphatic rings. The van der Waals surface area contributed by atoms with Crippen molar-refractivity contribution < 1.29 is 8.78 Å². The highest BCUT2D eigenvalue weighted by atomic mass is 19.1. The number of aromatic nitrogens is 3. The van der Waals surface area contributed by atoms with E-state index in [0.29, 0.717) is 19.0 Å². The maximum absolute atomic E-state index is 13.6. The van der Waals surface area contributed by atoms with E-state index in [1.165, 1.54) is 0 Å². The third-order valence-corrected chi connectivity index (χ3v) is 2.86. The van der Waals surface area contributed by atoms with Crippen LogP contribution in [0.3, 0.4) is 0 Å². The highest BCUT2D eigenvalue weighted by Gasteiger charge is 2.11. The van der Waals surface area contributed by atoms with Gasteiger partial charge in [0.05, 0.1) is 5.69 Å². The minimum absolute atomic E-state index is 0.00575. The predicted molar refractivity (Wildman–Crippen MR) is 77.4 cm³/mol. The molecule has 6 nitrogen and oxygen atoms in total. The minimum atomic E-state index is -0.611. The molecule has 0 saturated heterocycles. The maximum Gasteiger partial charge on any atom is 0.233 e. The molecule has 2 aromatic rings. The van der Waals surface area contributed by atoms with Crippen LogP contribution >= 0.6 is 0 Å². The van der Waals surface area contributed by atoms with Gasteiger partial charge in [0.2, 0.25) is 17.8 Å². The summed E-state index contributed by atoms with van der Waals surface area (Å²) >= 11 is 0. The lowest BCUT2D eigenvalue weighted by molar-refractivity contribution is 0.603. The Morgan fingerprint density at radius 2 is 1.86 bits per heavy atom. The molecular formula is C13H16F2N6. The first-order chi connectivity index (χ1) is 10.0. The molecule has 0 amide bonds. The molecule has 3 N–H and O–H groups in total. The number of hydrogen-bond donors (Lipinski definition) is 2. The van der Waals surface area contributed by atoms with Gasteiger partial charge >= 0.3 is 0 Å². The second kappa shape index (κ2) is 6.29. The summed E-state index contributed by atoms with van der Waals surface area (Å²) in [5, 5.41) is 2.61. The molecule has 0 aliphatic heterocycles. The second-order valence-electron chi connectivity index (χ2n) is 4.24. The molecule has 0 unspecified atom stereocenters. The first-order valence-corrected chi connectivity index (χ1v) is 6.52. The molecule has 0 spiro atoms. The Balaban J connectivity index is 2.34. The van der Waals surface area contributed by atoms with Gasteiger partial charge in [0.25, 0.3) is 0 Å². The smallest absolute Gasteiger partial charge is 0.233 e. The zero-order valence-electron chi connectivity index (χ0n) is 11.8. The van der Waals surface area contributed by atoms with Gasteiger partial charge in [-0.1, -0.05) is 0 Å². The molecule has 2 rings (SSSR count). The quantitative estimate of drug-likeness (QED) is 0.881. The second-order valence-corrected chi connectivity index (χ2v) is 4.24. The summed E-state index contributed by atoms with van der Waals surface area (Å²) in [4.78, 5) is 13.9. The summed E-state index contributed by atoms with van der Waals surface area (Å²) in [6, 6.07) is 3.07. The SMILES string of the molecule is CCN(CC)c1nc(N)nc(Nc2cc(F)ccc2F)n1. The van der Waals surface area contributed by atoms with Gasteiger partial charge in [0, 0.05) is 19.2 Å². The van der Waals surface area contributed by atoms with E-state index in [1.807, 2.05) is 18.7 Å². The number of nitrogen functional groups attached to an aromatic ring is 1. The third-order valence-electron chi connectivity index (χ3n) is 2.86. The summed E-state index contributed by atoms with van der Waals surface area (Å²) in [6.07, 6.45) is 0. The van der Waals surface area contributed by atoms with Crippen molar-refractivity contribution in [3.8, 4) is 0 Å². The number of halogens is 2. The Hall–Kier alpha value is -2.51. The number of benzene rings is 1. The normalized spacial score (nSPS) is 10.5. The minimum Gasteiger partial charge on any atom is -0.368 e. The number of rotatable bonds is 5. The van der Waals surface area contributed by atoms with Gasteiger partial charge in [0.1, 0.15) is 11.6 Å². The van der Waals surface area contributed by atoms with Crippen LogP contribution < -0.4 is 16.0 Å². The number of nitrogens with two attached hydrogens (primary N) is 1. The number of nitrogens with one attached hydrogen (secondary N) is 1. The Morgan fingerprint density at radius 3 is 2.52 bits per heavy atom. The Bertz CT molecular complexity index is 630. The van der Waals surface area contributed by atoms with Gasteiger partial charge in [-0.05, 0) is 26.0 Å². The van der Waals surface area contributed by atoms with Crippen molar-refractivity contribution in [2.75, 3.05) is 29.0 Å². The van der Waals surface area contributed by atoms with Crippen molar-refractivity contribution in [3.63, 3.8) is 0 Å². The lowest BCUT2D eigenvalue weighted by Gasteiger charge is -2.19. The van der Waals surface area contributed by atoms with Crippen molar-refractivity contribution in [1.82, 2.24) is 15.0 Å². The summed E-state index contributed by atoms with van der Waals surface area (Å²) in [7, 11) is 0. The van der Waals surface area contributed by atoms with Crippen LogP contribution in [0, 0.1) is 11.6 Å². The fraction of sp³-hybridized carbons (Fsp3) is 0.308. The summed E-state index contributed by atoms with van der Waals surface area (Å²) in [5.41, 5.74) is 5.57. The van der Waals surface area contributed by atoms with E-state index < -0.39 is 11.6 Å². The first-order valence-electron chi connectivity index (χ1n) is 6.52. The molecule has 0 bridgehead atoms. The highest BCUT2D eigenvalue weighted by molar-refractivity contribution is 5.56. The lowest BCUT2D eigenvalue weighted by Crippen LogP contribution is -2.25. The van der Waals surface area contributed by atoms with E-state index in [2.05, 4.69) is 20.3 Å². The standard InChI is InChI=1S/C13H16F2N6/c1-3-21(4-2)13-19-11(16)18-12(20-13)17-10-7-8(14)5-6-9(10)15/h5-7H,3-4H2,1-2H3,(H3,16,17,18,19,20). The number of nitrogens with zero attached hydrogens (tertiary/aromatic N) is 4. The molecule has 0 aliphatic carbocycles. The van der Waals surface area contributed by atoms with E-state index in [4.69, 9.17) is 5.73 Å². The fourth-order valence-corrected chi connectivity index (χ4v) is 1.80. The summed E-state index contributed by atoms with van der Waals surface area (Å²) < 4.78 is 26.8. The molecule has 8 heteroatoms. The first kappa shape index (κ1) is 14.9. The van der Waals surface area contributed by atoms with Crippen molar-refractivity contribution in [1.29, 1.82) is 0 Å². The Labute approximate surface area is 121 Å². The van der Waals surface area contributed by atoms with Gasteiger partial charge in [-0.2, -0.15) is 15.0 Å². The molecule has 1 aromatic carbocycles. The van der Waals surface area contributed by atoms with Crippen LogP contribution in [0.4, 0.5) is 32.3 Å². The van der Waals surface area contributed by atoms with E-state index in [-0.39, 0.29) is 17.6 Å². The summed E-state index contributed by atoms with van der Waals surface area (Å²) in [5.74, 6) is -0.725. The highest BCUT2D eigenvalue weighted by Crippen LogP contribution is 2.20. The zero-order valence-corrected chi connectivity index (χ0v) is 11.8. The molecule has 21 heavy (non-hydrogen) atoms. The van der Waals surface area contributed by atoms with Crippen molar-refractivity contribution in [2.45, 2.75) is 13.8 Å². The van der Waals surface area contributed by atoms with Crippen molar-refractivity contribution >= 4 is 23.5 Å². The molecule has 0 fully saturated rings. The van der Waals surface area contributed by atoms with Gasteiger partial charge in [-0.3, -0.25) is 0 Å². The molecule has 112 valence electrons. The zero-order chi connectivity index (χ0) is 15.4. The van der Waals surface area contributed by atoms with E-state index >= 15 is 0 Å². The van der Waals surface area contributed by atoms with Gasteiger partial charge in [-0.15, -0.1) is 0 Å². The van der Waals surface area contributed by atoms with Crippen LogP contribution in [0.25, 0.3) is 0 Å². The number of anilines is 4. The molecule has 1 aromatic heterocycles. The Kier molecular flexibility index (Phi) is 4.46. The number of hydrogen-bond acceptors (Lipinski definition) is 6. The molecule has 0 saturated carbocycles. The van der Waals surface area contributed by atoms with Gasteiger partial charge in [0.15, 0.2) is 0 Å². The summed E-state index contributed by atoms with van der Waals surface area (Å²) in [6.45, 7) is 5.27. The average molecular weight is 294 g/mol. The predicted octanol–water partition coefficient (Wildman–Crippen LogP) is 2.32. The maximum atomic E-state index is 13.6. The van der Waals surface area contributed by atoms with Crippen LogP contribution in [0.1, 0.15) is 13.8 Å². The molecular weight excluding hydrogens is 278 g/mol. The third kappa shape index (κ3) is 3.53. The van der Waals surface area contributed by atoms with E-state index in [1.54, 1.807) is 0 Å². The molecule has 1 heterocycles. The van der Waals surface area contributed by atoms with E-state index in [0.717, 1.165) is 18.2 Å². The van der Waals surface area contributed by atoms with Crippen LogP contribution in [-0.4, -0.2) is 28.0 Å². The van der Waals surface area contributed by atoms with Crippen LogP contribution in [0.15, 0.2) is 18.2 Å². The van der Waals surface area contributed by atoms with E-state index in [9.17, 15) is 8.78 Å². The molecule has 0 radical (unpaired) electrons. The lowest BCUT2D eigenvalue weighted by atomic mass is 10.3. The largest absolute Gasteiger partial charge is 0.368 e. The fourth-order valence-electron chi connectivity index (χ4n) is 1.80. The monoisotopic (exact) mass is 294 g/mol. The van der Waals surface area contributed by atoms with Gasteiger partial charge < -0.3 is 16.0 Å². The van der Waals surface area contributed by atoms with Crippen LogP contribution in [-0.2, 0) is 0 Å². The van der Waals surface area contributed by atoms with Crippen LogP contribution in [0.5, 0.6) is 0 Å². The van der Waals surface area contributed by atoms with Crippen molar-refractivity contribution in [2.24, 2.45) is 0 Å².